The first kappa shape index (κ1) is 17.7. The largest absolute Gasteiger partial charge is 0.492 e. The van der Waals surface area contributed by atoms with Crippen molar-refractivity contribution in [1.82, 2.24) is 5.32 Å². The fourth-order valence-electron chi connectivity index (χ4n) is 1.54. The van der Waals surface area contributed by atoms with Crippen molar-refractivity contribution in [3.8, 4) is 5.75 Å². The molecule has 7 heteroatoms. The van der Waals surface area contributed by atoms with E-state index in [1.54, 1.807) is 6.07 Å². The number of thioether (sulfide) groups is 1. The van der Waals surface area contributed by atoms with Crippen LogP contribution in [0.25, 0.3) is 0 Å². The van der Waals surface area contributed by atoms with Crippen LogP contribution in [0.1, 0.15) is 18.9 Å². The minimum Gasteiger partial charge on any atom is -0.492 e. The molecule has 0 radical (unpaired) electrons. The van der Waals surface area contributed by atoms with Crippen LogP contribution in [-0.2, 0) is 6.54 Å². The van der Waals surface area contributed by atoms with Crippen molar-refractivity contribution in [1.29, 1.82) is 0 Å². The highest BCUT2D eigenvalue weighted by Crippen LogP contribution is 2.30. The van der Waals surface area contributed by atoms with Gasteiger partial charge in [0, 0.05) is 22.3 Å². The number of hydrogen-bond acceptors (Lipinski definition) is 3. The van der Waals surface area contributed by atoms with Crippen molar-refractivity contribution in [2.75, 3.05) is 18.9 Å². The zero-order valence-electron chi connectivity index (χ0n) is 11.1. The number of halogens is 4. The lowest BCUT2D eigenvalue weighted by molar-refractivity contribution is -0.0329. The minimum absolute atomic E-state index is 0.0343. The van der Waals surface area contributed by atoms with Crippen LogP contribution in [0.2, 0.25) is 0 Å². The molecule has 0 amide bonds. The maximum Gasteiger partial charge on any atom is 0.441 e. The van der Waals surface area contributed by atoms with E-state index in [9.17, 15) is 13.2 Å². The molecule has 0 atom stereocenters. The highest BCUT2D eigenvalue weighted by atomic mass is 79.9. The molecule has 0 aromatic heterocycles. The Bertz CT molecular complexity index is 415. The van der Waals surface area contributed by atoms with Crippen LogP contribution in [-0.4, -0.2) is 24.4 Å². The molecule has 0 bridgehead atoms. The number of benzene rings is 1. The second-order valence-electron chi connectivity index (χ2n) is 4.07. The summed E-state index contributed by atoms with van der Waals surface area (Å²) in [5.74, 6) is 0.515. The summed E-state index contributed by atoms with van der Waals surface area (Å²) in [5.41, 5.74) is -3.26. The van der Waals surface area contributed by atoms with Gasteiger partial charge in [0.05, 0.1) is 6.61 Å². The number of nitrogens with one attached hydrogen (secondary N) is 1. The van der Waals surface area contributed by atoms with E-state index >= 15 is 0 Å². The summed E-state index contributed by atoms with van der Waals surface area (Å²) in [6.45, 7) is 3.62. The van der Waals surface area contributed by atoms with Crippen LogP contribution in [0, 0.1) is 0 Å². The lowest BCUT2D eigenvalue weighted by Gasteiger charge is -2.13. The van der Waals surface area contributed by atoms with Crippen LogP contribution in [0.3, 0.4) is 0 Å². The fraction of sp³-hybridized carbons (Fsp3) is 0.538. The van der Waals surface area contributed by atoms with Gasteiger partial charge in [-0.1, -0.05) is 22.9 Å². The lowest BCUT2D eigenvalue weighted by atomic mass is 10.2. The van der Waals surface area contributed by atoms with Crippen molar-refractivity contribution < 1.29 is 17.9 Å². The average Bonchev–Trinajstić information content (AvgIpc) is 2.36. The fourth-order valence-corrected chi connectivity index (χ4v) is 2.34. The van der Waals surface area contributed by atoms with Crippen molar-refractivity contribution in [3.05, 3.63) is 28.2 Å². The molecule has 0 aliphatic rings. The van der Waals surface area contributed by atoms with Gasteiger partial charge in [-0.15, -0.1) is 0 Å². The Morgan fingerprint density at radius 2 is 2.10 bits per heavy atom. The van der Waals surface area contributed by atoms with E-state index in [1.165, 1.54) is 0 Å². The SMILES string of the molecule is CCCNCc1cc(Br)ccc1OCCSC(F)(F)F. The van der Waals surface area contributed by atoms with E-state index in [1.807, 2.05) is 12.1 Å². The van der Waals surface area contributed by atoms with Gasteiger partial charge in [-0.3, -0.25) is 0 Å². The van der Waals surface area contributed by atoms with Gasteiger partial charge in [0.15, 0.2) is 0 Å². The molecule has 1 aromatic rings. The van der Waals surface area contributed by atoms with Crippen LogP contribution in [0.5, 0.6) is 5.75 Å². The van der Waals surface area contributed by atoms with E-state index in [-0.39, 0.29) is 24.1 Å². The maximum atomic E-state index is 12.0. The third kappa shape index (κ3) is 7.40. The zero-order valence-corrected chi connectivity index (χ0v) is 13.5. The third-order valence-corrected chi connectivity index (χ3v) is 3.56. The van der Waals surface area contributed by atoms with Crippen LogP contribution in [0.4, 0.5) is 13.2 Å². The molecule has 0 heterocycles. The molecule has 1 N–H and O–H groups in total. The second kappa shape index (κ2) is 8.79. The highest BCUT2D eigenvalue weighted by Gasteiger charge is 2.27. The number of alkyl halides is 3. The molecule has 20 heavy (non-hydrogen) atoms. The van der Waals surface area contributed by atoms with Gasteiger partial charge >= 0.3 is 5.51 Å². The van der Waals surface area contributed by atoms with Gasteiger partial charge in [0.2, 0.25) is 0 Å². The van der Waals surface area contributed by atoms with Crippen molar-refractivity contribution in [3.63, 3.8) is 0 Å². The molecule has 0 aliphatic carbocycles. The van der Waals surface area contributed by atoms with E-state index in [2.05, 4.69) is 28.2 Å². The van der Waals surface area contributed by atoms with Gasteiger partial charge in [-0.25, -0.2) is 0 Å². The van der Waals surface area contributed by atoms with Gasteiger partial charge in [0.25, 0.3) is 0 Å². The van der Waals surface area contributed by atoms with Crippen LogP contribution >= 0.6 is 27.7 Å². The van der Waals surface area contributed by atoms with Gasteiger partial charge in [0.1, 0.15) is 5.75 Å². The summed E-state index contributed by atoms with van der Waals surface area (Å²) < 4.78 is 42.4. The first-order valence-corrected chi connectivity index (χ1v) is 8.03. The van der Waals surface area contributed by atoms with Gasteiger partial charge in [-0.05, 0) is 42.9 Å². The lowest BCUT2D eigenvalue weighted by Crippen LogP contribution is -2.15. The van der Waals surface area contributed by atoms with E-state index in [0.717, 1.165) is 23.0 Å². The highest BCUT2D eigenvalue weighted by molar-refractivity contribution is 9.10. The number of hydrogen-bond donors (Lipinski definition) is 1. The molecule has 0 spiro atoms. The normalized spacial score (nSPS) is 11.7. The zero-order chi connectivity index (χ0) is 15.0. The molecule has 0 fully saturated rings. The summed E-state index contributed by atoms with van der Waals surface area (Å²) in [6.07, 6.45) is 1.02. The minimum atomic E-state index is -4.20. The Labute approximate surface area is 129 Å². The van der Waals surface area contributed by atoms with Crippen LogP contribution in [0.15, 0.2) is 22.7 Å². The molecule has 1 aromatic carbocycles. The number of ether oxygens (including phenoxy) is 1. The number of rotatable bonds is 8. The molecule has 0 saturated carbocycles. The molecule has 2 nitrogen and oxygen atoms in total. The van der Waals surface area contributed by atoms with E-state index in [0.29, 0.717) is 12.3 Å². The van der Waals surface area contributed by atoms with Crippen molar-refractivity contribution in [2.45, 2.75) is 25.4 Å². The van der Waals surface area contributed by atoms with Crippen LogP contribution < -0.4 is 10.1 Å². The van der Waals surface area contributed by atoms with E-state index in [4.69, 9.17) is 4.74 Å². The van der Waals surface area contributed by atoms with Gasteiger partial charge < -0.3 is 10.1 Å². The van der Waals surface area contributed by atoms with Crippen molar-refractivity contribution >= 4 is 27.7 Å². The molecule has 0 saturated heterocycles. The Hall–Kier alpha value is -0.400. The Morgan fingerprint density at radius 1 is 1.35 bits per heavy atom. The Kier molecular flexibility index (Phi) is 7.76. The molecule has 1 rings (SSSR count). The smallest absolute Gasteiger partial charge is 0.441 e. The second-order valence-corrected chi connectivity index (χ2v) is 6.15. The Balaban J connectivity index is 2.51. The molecule has 0 aliphatic heterocycles. The quantitative estimate of drug-likeness (QED) is 0.675. The predicted molar refractivity (Wildman–Crippen MR) is 80.1 cm³/mol. The average molecular weight is 372 g/mol. The first-order chi connectivity index (χ1) is 9.42. The Morgan fingerprint density at radius 3 is 2.75 bits per heavy atom. The molecule has 114 valence electrons. The summed E-state index contributed by atoms with van der Waals surface area (Å²) in [4.78, 5) is 0. The first-order valence-electron chi connectivity index (χ1n) is 6.25. The third-order valence-electron chi connectivity index (χ3n) is 2.37. The molecule has 0 unspecified atom stereocenters. The predicted octanol–water partition coefficient (Wildman–Crippen LogP) is 4.58. The van der Waals surface area contributed by atoms with Gasteiger partial charge in [-0.2, -0.15) is 13.2 Å². The summed E-state index contributed by atoms with van der Waals surface area (Å²) in [7, 11) is 0. The summed E-state index contributed by atoms with van der Waals surface area (Å²) in [6, 6.07) is 5.50. The summed E-state index contributed by atoms with van der Waals surface area (Å²) in [5, 5.41) is 3.25. The monoisotopic (exact) mass is 371 g/mol. The molecular weight excluding hydrogens is 355 g/mol. The van der Waals surface area contributed by atoms with E-state index < -0.39 is 5.51 Å². The summed E-state index contributed by atoms with van der Waals surface area (Å²) >= 11 is 3.31. The topological polar surface area (TPSA) is 21.3 Å². The standard InChI is InChI=1S/C13H17BrF3NOS/c1-2-5-18-9-10-8-11(14)3-4-12(10)19-6-7-20-13(15,16)17/h3-4,8,18H,2,5-7,9H2,1H3. The molecular formula is C13H17BrF3NOS. The van der Waals surface area contributed by atoms with Crippen molar-refractivity contribution in [2.24, 2.45) is 0 Å². The maximum absolute atomic E-state index is 12.0.